The molecule has 29 heavy (non-hydrogen) atoms. The highest BCUT2D eigenvalue weighted by Gasteiger charge is 2.35. The first-order valence-electron chi connectivity index (χ1n) is 9.25. The number of H-pyrrole nitrogens is 1. The van der Waals surface area contributed by atoms with Crippen LogP contribution in [0.1, 0.15) is 43.5 Å². The molecular formula is C20H19N7O2. The van der Waals surface area contributed by atoms with E-state index in [1.165, 1.54) is 5.56 Å². The second-order valence-electron chi connectivity index (χ2n) is 8.01. The molecule has 0 saturated carbocycles. The molecule has 1 aliphatic heterocycles. The van der Waals surface area contributed by atoms with Gasteiger partial charge >= 0.3 is 0 Å². The monoisotopic (exact) mass is 389 g/mol. The highest BCUT2D eigenvalue weighted by atomic mass is 16.3. The van der Waals surface area contributed by atoms with Crippen LogP contribution in [0.15, 0.2) is 51.9 Å². The van der Waals surface area contributed by atoms with Crippen molar-refractivity contribution in [2.45, 2.75) is 32.2 Å². The van der Waals surface area contributed by atoms with E-state index < -0.39 is 6.04 Å². The van der Waals surface area contributed by atoms with E-state index in [9.17, 15) is 4.79 Å². The summed E-state index contributed by atoms with van der Waals surface area (Å²) in [7, 11) is 0. The van der Waals surface area contributed by atoms with E-state index in [2.05, 4.69) is 63.9 Å². The normalized spacial score (nSPS) is 15.5. The van der Waals surface area contributed by atoms with E-state index in [0.29, 0.717) is 28.7 Å². The van der Waals surface area contributed by atoms with Crippen LogP contribution in [0.5, 0.6) is 0 Å². The van der Waals surface area contributed by atoms with E-state index >= 15 is 0 Å². The van der Waals surface area contributed by atoms with Crippen molar-refractivity contribution in [1.29, 1.82) is 0 Å². The molecule has 2 N–H and O–H groups in total. The lowest BCUT2D eigenvalue weighted by molar-refractivity contribution is 0.553. The van der Waals surface area contributed by atoms with Crippen molar-refractivity contribution < 1.29 is 4.42 Å². The number of hydrogen-bond acceptors (Lipinski definition) is 7. The van der Waals surface area contributed by atoms with Gasteiger partial charge in [0.05, 0.1) is 6.26 Å². The lowest BCUT2D eigenvalue weighted by Crippen LogP contribution is -2.29. The number of aromatic nitrogens is 6. The second kappa shape index (κ2) is 6.13. The third-order valence-electron chi connectivity index (χ3n) is 5.12. The van der Waals surface area contributed by atoms with Crippen molar-refractivity contribution in [1.82, 2.24) is 30.4 Å². The molecule has 3 aromatic heterocycles. The van der Waals surface area contributed by atoms with Crippen LogP contribution in [-0.2, 0) is 5.41 Å². The maximum atomic E-state index is 12.6. The molecule has 0 amide bonds. The number of benzene rings is 1. The summed E-state index contributed by atoms with van der Waals surface area (Å²) in [4.78, 5) is 12.6. The molecule has 9 nitrogen and oxygen atoms in total. The Morgan fingerprint density at radius 1 is 1.14 bits per heavy atom. The Kier molecular flexibility index (Phi) is 3.67. The molecule has 0 unspecified atom stereocenters. The Balaban J connectivity index is 1.76. The van der Waals surface area contributed by atoms with E-state index in [0.717, 1.165) is 5.56 Å². The molecule has 1 atom stereocenters. The zero-order valence-corrected chi connectivity index (χ0v) is 16.2. The van der Waals surface area contributed by atoms with Gasteiger partial charge in [0.2, 0.25) is 5.95 Å². The summed E-state index contributed by atoms with van der Waals surface area (Å²) in [5, 5.41) is 21.8. The molecule has 9 heteroatoms. The maximum absolute atomic E-state index is 12.6. The summed E-state index contributed by atoms with van der Waals surface area (Å²) in [6, 6.07) is 11.4. The molecule has 0 aliphatic carbocycles. The van der Waals surface area contributed by atoms with Crippen molar-refractivity contribution in [2.75, 3.05) is 5.32 Å². The van der Waals surface area contributed by atoms with Gasteiger partial charge in [0.15, 0.2) is 5.76 Å². The maximum Gasteiger partial charge on any atom is 0.288 e. The van der Waals surface area contributed by atoms with Gasteiger partial charge in [-0.3, -0.25) is 4.79 Å². The van der Waals surface area contributed by atoms with Crippen molar-refractivity contribution in [3.05, 3.63) is 69.7 Å². The van der Waals surface area contributed by atoms with Gasteiger partial charge in [-0.1, -0.05) is 50.1 Å². The number of anilines is 2. The van der Waals surface area contributed by atoms with Crippen molar-refractivity contribution in [3.63, 3.8) is 0 Å². The zero-order valence-electron chi connectivity index (χ0n) is 16.2. The molecule has 0 radical (unpaired) electrons. The van der Waals surface area contributed by atoms with Crippen LogP contribution < -0.4 is 10.9 Å². The van der Waals surface area contributed by atoms with Gasteiger partial charge < -0.3 is 9.73 Å². The summed E-state index contributed by atoms with van der Waals surface area (Å²) >= 11 is 0. The summed E-state index contributed by atoms with van der Waals surface area (Å²) in [5.41, 5.74) is 3.38. The lowest BCUT2D eigenvalue weighted by atomic mass is 9.85. The zero-order chi connectivity index (χ0) is 20.2. The van der Waals surface area contributed by atoms with Crippen LogP contribution in [0.25, 0.3) is 11.5 Å². The van der Waals surface area contributed by atoms with E-state index in [4.69, 9.17) is 4.42 Å². The van der Waals surface area contributed by atoms with Crippen molar-refractivity contribution in [3.8, 4) is 11.5 Å². The van der Waals surface area contributed by atoms with Crippen molar-refractivity contribution in [2.24, 2.45) is 0 Å². The van der Waals surface area contributed by atoms with Gasteiger partial charge in [-0.2, -0.15) is 9.78 Å². The minimum atomic E-state index is -0.430. The van der Waals surface area contributed by atoms with Gasteiger partial charge in [-0.25, -0.2) is 5.10 Å². The van der Waals surface area contributed by atoms with Gasteiger partial charge in [0.25, 0.3) is 5.56 Å². The Labute approximate surface area is 165 Å². The Morgan fingerprint density at radius 3 is 2.62 bits per heavy atom. The smallest absolute Gasteiger partial charge is 0.288 e. The minimum Gasteiger partial charge on any atom is -0.463 e. The number of rotatable bonds is 2. The van der Waals surface area contributed by atoms with E-state index in [1.54, 1.807) is 23.1 Å². The van der Waals surface area contributed by atoms with Crippen LogP contribution in [0.3, 0.4) is 0 Å². The predicted octanol–water partition coefficient (Wildman–Crippen LogP) is 3.01. The molecule has 1 aliphatic rings. The lowest BCUT2D eigenvalue weighted by Gasteiger charge is -2.28. The van der Waals surface area contributed by atoms with Gasteiger partial charge in [-0.15, -0.1) is 0 Å². The summed E-state index contributed by atoms with van der Waals surface area (Å²) in [6.07, 6.45) is 1.57. The number of nitrogens with one attached hydrogen (secondary N) is 2. The molecule has 1 aromatic carbocycles. The highest BCUT2D eigenvalue weighted by Crippen LogP contribution is 2.41. The average Bonchev–Trinajstić information content (AvgIpc) is 3.38. The SMILES string of the molecule is CC(C)(C)c1ccc([C@@H]2c3c(-c4ccco4)n[nH]c(=O)c3Nc3nnnn32)cc1. The molecule has 0 spiro atoms. The third kappa shape index (κ3) is 2.74. The van der Waals surface area contributed by atoms with E-state index in [1.807, 2.05) is 12.1 Å². The molecule has 0 saturated heterocycles. The summed E-state index contributed by atoms with van der Waals surface area (Å²) in [6.45, 7) is 6.50. The fraction of sp³-hybridized carbons (Fsp3) is 0.250. The number of nitrogens with zero attached hydrogens (tertiary/aromatic N) is 5. The van der Waals surface area contributed by atoms with Gasteiger partial charge in [-0.05, 0) is 39.1 Å². The molecule has 0 bridgehead atoms. The van der Waals surface area contributed by atoms with Crippen LogP contribution in [0.2, 0.25) is 0 Å². The van der Waals surface area contributed by atoms with Crippen LogP contribution in [-0.4, -0.2) is 30.4 Å². The first kappa shape index (κ1) is 17.4. The minimum absolute atomic E-state index is 0.0303. The average molecular weight is 389 g/mol. The van der Waals surface area contributed by atoms with Gasteiger partial charge in [0.1, 0.15) is 17.4 Å². The Hall–Kier alpha value is -3.75. The Bertz CT molecular complexity index is 1230. The number of furan rings is 1. The summed E-state index contributed by atoms with van der Waals surface area (Å²) in [5.74, 6) is 0.941. The Morgan fingerprint density at radius 2 is 1.93 bits per heavy atom. The highest BCUT2D eigenvalue weighted by molar-refractivity contribution is 5.73. The fourth-order valence-corrected chi connectivity index (χ4v) is 3.61. The quantitative estimate of drug-likeness (QED) is 0.477. The molecule has 5 rings (SSSR count). The third-order valence-corrected chi connectivity index (χ3v) is 5.12. The topological polar surface area (TPSA) is 115 Å². The molecule has 146 valence electrons. The number of hydrogen-bond donors (Lipinski definition) is 2. The van der Waals surface area contributed by atoms with E-state index in [-0.39, 0.29) is 11.0 Å². The second-order valence-corrected chi connectivity index (χ2v) is 8.01. The van der Waals surface area contributed by atoms with Crippen molar-refractivity contribution >= 4 is 11.6 Å². The molecule has 4 heterocycles. The predicted molar refractivity (Wildman–Crippen MR) is 106 cm³/mol. The molecule has 4 aromatic rings. The first-order valence-corrected chi connectivity index (χ1v) is 9.25. The van der Waals surface area contributed by atoms with Gasteiger partial charge in [0, 0.05) is 5.56 Å². The molecular weight excluding hydrogens is 370 g/mol. The van der Waals surface area contributed by atoms with Crippen LogP contribution in [0, 0.1) is 0 Å². The number of tetrazole rings is 1. The summed E-state index contributed by atoms with van der Waals surface area (Å²) < 4.78 is 7.22. The molecule has 0 fully saturated rings. The number of fused-ring (bicyclic) bond motifs is 2. The fourth-order valence-electron chi connectivity index (χ4n) is 3.61. The standard InChI is InChI=1S/C20H19N7O2/c1-20(2,3)12-8-6-11(7-9-12)17-14-15(13-5-4-10-29-13)22-23-18(28)16(14)21-19-24-25-26-27(17)19/h4-10,17H,1-3H3,(H,23,28)(H,21,24,26)/t17-/m1/s1. The first-order chi connectivity index (χ1) is 13.9. The number of aromatic amines is 1. The largest absolute Gasteiger partial charge is 0.463 e. The van der Waals surface area contributed by atoms with Crippen LogP contribution >= 0.6 is 0 Å². The van der Waals surface area contributed by atoms with Crippen LogP contribution in [0.4, 0.5) is 11.6 Å².